The topological polar surface area (TPSA) is 67.4 Å². The molecule has 1 amide bonds. The third-order valence-electron chi connectivity index (χ3n) is 3.57. The maximum atomic E-state index is 12.2. The molecule has 0 saturated carbocycles. The van der Waals surface area contributed by atoms with Crippen molar-refractivity contribution in [1.29, 1.82) is 0 Å². The summed E-state index contributed by atoms with van der Waals surface area (Å²) in [5.41, 5.74) is 1.04. The Morgan fingerprint density at radius 3 is 2.48 bits per heavy atom. The summed E-state index contributed by atoms with van der Waals surface area (Å²) in [5, 5.41) is 11.0. The van der Waals surface area contributed by atoms with E-state index in [1.54, 1.807) is 17.8 Å². The Morgan fingerprint density at radius 1 is 1.13 bits per heavy atom. The van der Waals surface area contributed by atoms with Gasteiger partial charge in [-0.3, -0.25) is 4.79 Å². The minimum Gasteiger partial charge on any atom is -0.378 e. The van der Waals surface area contributed by atoms with Gasteiger partial charge in [-0.1, -0.05) is 0 Å². The number of carbonyl (C=O) groups is 1. The average molecular weight is 330 g/mol. The number of benzene rings is 1. The van der Waals surface area contributed by atoms with Crippen LogP contribution in [-0.4, -0.2) is 48.7 Å². The van der Waals surface area contributed by atoms with Crippen LogP contribution in [0.5, 0.6) is 0 Å². The van der Waals surface area contributed by atoms with Crippen LogP contribution in [0.25, 0.3) is 0 Å². The first-order chi connectivity index (χ1) is 11.3. The maximum absolute atomic E-state index is 12.2. The van der Waals surface area contributed by atoms with Crippen molar-refractivity contribution < 1.29 is 9.53 Å². The van der Waals surface area contributed by atoms with Crippen molar-refractivity contribution in [1.82, 2.24) is 10.2 Å². The molecule has 6 nitrogen and oxygen atoms in total. The van der Waals surface area contributed by atoms with Gasteiger partial charge in [-0.15, -0.1) is 22.0 Å². The summed E-state index contributed by atoms with van der Waals surface area (Å²) in [7, 11) is 0. The van der Waals surface area contributed by atoms with E-state index in [1.807, 2.05) is 36.6 Å². The molecular formula is C16H18N4O2S. The van der Waals surface area contributed by atoms with Gasteiger partial charge in [0, 0.05) is 23.7 Å². The highest BCUT2D eigenvalue weighted by Gasteiger charge is 2.14. The summed E-state index contributed by atoms with van der Waals surface area (Å²) in [6.45, 7) is 2.97. The Balaban J connectivity index is 1.64. The highest BCUT2D eigenvalue weighted by Crippen LogP contribution is 2.18. The zero-order valence-corrected chi connectivity index (χ0v) is 13.7. The second kappa shape index (κ2) is 7.43. The fourth-order valence-electron chi connectivity index (χ4n) is 2.28. The molecular weight excluding hydrogens is 312 g/mol. The number of nitrogens with one attached hydrogen (secondary N) is 1. The van der Waals surface area contributed by atoms with E-state index in [4.69, 9.17) is 4.74 Å². The smallest absolute Gasteiger partial charge is 0.276 e. The second-order valence-electron chi connectivity index (χ2n) is 5.06. The summed E-state index contributed by atoms with van der Waals surface area (Å²) in [4.78, 5) is 15.5. The third-order valence-corrected chi connectivity index (χ3v) is 4.31. The maximum Gasteiger partial charge on any atom is 0.276 e. The van der Waals surface area contributed by atoms with Gasteiger partial charge >= 0.3 is 0 Å². The number of thioether (sulfide) groups is 1. The minimum absolute atomic E-state index is 0.261. The molecule has 1 saturated heterocycles. The van der Waals surface area contributed by atoms with Gasteiger partial charge in [0.25, 0.3) is 5.91 Å². The lowest BCUT2D eigenvalue weighted by Gasteiger charge is -2.27. The van der Waals surface area contributed by atoms with Crippen LogP contribution in [0.15, 0.2) is 41.3 Å². The molecule has 2 aromatic rings. The van der Waals surface area contributed by atoms with E-state index in [2.05, 4.69) is 20.4 Å². The average Bonchev–Trinajstić information content (AvgIpc) is 2.63. The van der Waals surface area contributed by atoms with Crippen molar-refractivity contribution in [3.05, 3.63) is 42.1 Å². The van der Waals surface area contributed by atoms with Gasteiger partial charge in [-0.05, 0) is 42.7 Å². The first kappa shape index (κ1) is 15.8. The normalized spacial score (nSPS) is 14.6. The monoisotopic (exact) mass is 330 g/mol. The molecule has 1 aromatic heterocycles. The Morgan fingerprint density at radius 2 is 1.87 bits per heavy atom. The van der Waals surface area contributed by atoms with E-state index < -0.39 is 0 Å². The van der Waals surface area contributed by atoms with Gasteiger partial charge in [0.2, 0.25) is 0 Å². The molecule has 0 spiro atoms. The molecule has 3 rings (SSSR count). The standard InChI is InChI=1S/C16H18N4O2S/c1-23-13-4-2-12(3-5-13)17-16(21)14-6-7-15(19-18-14)20-8-10-22-11-9-20/h2-7H,8-11H2,1H3,(H,17,21). The van der Waals surface area contributed by atoms with Crippen molar-refractivity contribution >= 4 is 29.2 Å². The number of rotatable bonds is 4. The van der Waals surface area contributed by atoms with Crippen LogP contribution in [0, 0.1) is 0 Å². The fourth-order valence-corrected chi connectivity index (χ4v) is 2.69. The van der Waals surface area contributed by atoms with E-state index in [0.717, 1.165) is 29.5 Å². The quantitative estimate of drug-likeness (QED) is 0.868. The molecule has 120 valence electrons. The van der Waals surface area contributed by atoms with Crippen LogP contribution < -0.4 is 10.2 Å². The fraction of sp³-hybridized carbons (Fsp3) is 0.312. The van der Waals surface area contributed by atoms with Gasteiger partial charge in [0.05, 0.1) is 13.2 Å². The Bertz CT molecular complexity index is 655. The van der Waals surface area contributed by atoms with Crippen LogP contribution in [0.1, 0.15) is 10.5 Å². The molecule has 1 aliphatic rings. The van der Waals surface area contributed by atoms with E-state index in [1.165, 1.54) is 0 Å². The lowest BCUT2D eigenvalue weighted by Crippen LogP contribution is -2.37. The summed E-state index contributed by atoms with van der Waals surface area (Å²) in [6.07, 6.45) is 2.01. The highest BCUT2D eigenvalue weighted by molar-refractivity contribution is 7.98. The number of morpholine rings is 1. The van der Waals surface area contributed by atoms with E-state index in [0.29, 0.717) is 18.9 Å². The van der Waals surface area contributed by atoms with Gasteiger partial charge in [0.1, 0.15) is 0 Å². The van der Waals surface area contributed by atoms with Gasteiger partial charge in [-0.25, -0.2) is 0 Å². The van der Waals surface area contributed by atoms with Crippen LogP contribution in [0.4, 0.5) is 11.5 Å². The predicted molar refractivity (Wildman–Crippen MR) is 91.2 cm³/mol. The molecule has 7 heteroatoms. The van der Waals surface area contributed by atoms with Crippen molar-refractivity contribution in [2.45, 2.75) is 4.90 Å². The lowest BCUT2D eigenvalue weighted by molar-refractivity contribution is 0.102. The number of amides is 1. The van der Waals surface area contributed by atoms with Crippen LogP contribution in [0.2, 0.25) is 0 Å². The zero-order valence-electron chi connectivity index (χ0n) is 12.9. The highest BCUT2D eigenvalue weighted by atomic mass is 32.2. The van der Waals surface area contributed by atoms with E-state index >= 15 is 0 Å². The Kier molecular flexibility index (Phi) is 5.09. The molecule has 0 bridgehead atoms. The molecule has 23 heavy (non-hydrogen) atoms. The molecule has 1 aromatic carbocycles. The molecule has 0 aliphatic carbocycles. The molecule has 1 N–H and O–H groups in total. The molecule has 0 radical (unpaired) electrons. The predicted octanol–water partition coefficient (Wildman–Crippen LogP) is 2.29. The third kappa shape index (κ3) is 4.00. The Hall–Kier alpha value is -2.12. The van der Waals surface area contributed by atoms with Crippen molar-refractivity contribution in [2.24, 2.45) is 0 Å². The lowest BCUT2D eigenvalue weighted by atomic mass is 10.3. The van der Waals surface area contributed by atoms with Crippen molar-refractivity contribution in [3.8, 4) is 0 Å². The number of hydrogen-bond acceptors (Lipinski definition) is 6. The Labute approximate surface area is 139 Å². The SMILES string of the molecule is CSc1ccc(NC(=O)c2ccc(N3CCOCC3)nn2)cc1. The summed E-state index contributed by atoms with van der Waals surface area (Å²) in [5.74, 6) is 0.511. The molecule has 1 fully saturated rings. The van der Waals surface area contributed by atoms with Gasteiger partial charge in [-0.2, -0.15) is 0 Å². The summed E-state index contributed by atoms with van der Waals surface area (Å²) < 4.78 is 5.31. The van der Waals surface area contributed by atoms with Gasteiger partial charge in [0.15, 0.2) is 11.5 Å². The van der Waals surface area contributed by atoms with Crippen LogP contribution >= 0.6 is 11.8 Å². The number of hydrogen-bond donors (Lipinski definition) is 1. The number of anilines is 2. The number of nitrogens with zero attached hydrogens (tertiary/aromatic N) is 3. The number of carbonyl (C=O) groups excluding carboxylic acids is 1. The number of ether oxygens (including phenoxy) is 1. The molecule has 2 heterocycles. The summed E-state index contributed by atoms with van der Waals surface area (Å²) in [6, 6.07) is 11.2. The first-order valence-electron chi connectivity index (χ1n) is 7.38. The zero-order chi connectivity index (χ0) is 16.1. The van der Waals surface area contributed by atoms with Crippen molar-refractivity contribution in [2.75, 3.05) is 42.8 Å². The number of aromatic nitrogens is 2. The van der Waals surface area contributed by atoms with Crippen LogP contribution in [0.3, 0.4) is 0 Å². The van der Waals surface area contributed by atoms with Crippen molar-refractivity contribution in [3.63, 3.8) is 0 Å². The van der Waals surface area contributed by atoms with E-state index in [-0.39, 0.29) is 5.91 Å². The minimum atomic E-state index is -0.261. The molecule has 0 atom stereocenters. The molecule has 0 unspecified atom stereocenters. The first-order valence-corrected chi connectivity index (χ1v) is 8.60. The second-order valence-corrected chi connectivity index (χ2v) is 5.94. The summed E-state index contributed by atoms with van der Waals surface area (Å²) >= 11 is 1.66. The largest absolute Gasteiger partial charge is 0.378 e. The van der Waals surface area contributed by atoms with E-state index in [9.17, 15) is 4.79 Å². The van der Waals surface area contributed by atoms with Crippen LogP contribution in [-0.2, 0) is 4.74 Å². The molecule has 1 aliphatic heterocycles. The van der Waals surface area contributed by atoms with Gasteiger partial charge < -0.3 is 15.0 Å².